The van der Waals surface area contributed by atoms with E-state index in [1.807, 2.05) is 32.9 Å². The van der Waals surface area contributed by atoms with E-state index in [4.69, 9.17) is 9.47 Å². The van der Waals surface area contributed by atoms with Crippen molar-refractivity contribution in [1.82, 2.24) is 9.97 Å². The number of nitrogens with zero attached hydrogens (tertiary/aromatic N) is 2. The van der Waals surface area contributed by atoms with Gasteiger partial charge < -0.3 is 14.8 Å². The zero-order valence-corrected chi connectivity index (χ0v) is 14.1. The van der Waals surface area contributed by atoms with Crippen LogP contribution < -0.4 is 14.8 Å². The van der Waals surface area contributed by atoms with E-state index in [1.165, 1.54) is 6.33 Å². The highest BCUT2D eigenvalue weighted by molar-refractivity contribution is 5.45. The number of hydrogen-bond acceptors (Lipinski definition) is 5. The molecule has 1 heterocycles. The fraction of sp³-hybridized carbons (Fsp3) is 0.412. The quantitative estimate of drug-likeness (QED) is 0.913. The summed E-state index contributed by atoms with van der Waals surface area (Å²) in [5.74, 6) is 1.13. The van der Waals surface area contributed by atoms with Crippen molar-refractivity contribution >= 4 is 5.82 Å². The van der Waals surface area contributed by atoms with Gasteiger partial charge in [-0.1, -0.05) is 20.8 Å². The van der Waals surface area contributed by atoms with E-state index in [0.29, 0.717) is 23.7 Å². The first-order valence-corrected chi connectivity index (χ1v) is 7.32. The molecule has 0 unspecified atom stereocenters. The van der Waals surface area contributed by atoms with E-state index in [1.54, 1.807) is 20.3 Å². The third-order valence-electron chi connectivity index (χ3n) is 3.44. The van der Waals surface area contributed by atoms with Gasteiger partial charge in [0.25, 0.3) is 0 Å². The predicted molar refractivity (Wildman–Crippen MR) is 87.6 cm³/mol. The highest BCUT2D eigenvalue weighted by atomic mass is 19.1. The summed E-state index contributed by atoms with van der Waals surface area (Å²) in [6, 6.07) is 5.48. The molecule has 2 rings (SSSR count). The van der Waals surface area contributed by atoms with Crippen molar-refractivity contribution < 1.29 is 13.9 Å². The van der Waals surface area contributed by atoms with Crippen LogP contribution in [0, 0.1) is 5.82 Å². The zero-order valence-electron chi connectivity index (χ0n) is 14.1. The van der Waals surface area contributed by atoms with Crippen molar-refractivity contribution in [3.05, 3.63) is 41.6 Å². The van der Waals surface area contributed by atoms with Gasteiger partial charge in [0.2, 0.25) is 0 Å². The average molecular weight is 319 g/mol. The second-order valence-electron chi connectivity index (χ2n) is 6.17. The average Bonchev–Trinajstić information content (AvgIpc) is 2.52. The molecule has 2 aromatic rings. The van der Waals surface area contributed by atoms with Gasteiger partial charge in [0.1, 0.15) is 17.8 Å². The molecule has 0 saturated heterocycles. The number of anilines is 1. The first-order valence-electron chi connectivity index (χ1n) is 7.32. The molecule has 0 aliphatic heterocycles. The molecule has 0 saturated carbocycles. The molecule has 1 aromatic carbocycles. The van der Waals surface area contributed by atoms with Crippen molar-refractivity contribution in [2.24, 2.45) is 0 Å². The standard InChI is InChI=1S/C17H22FN3O2/c1-17(2,3)15-14(18)16(21-10-20-15)19-9-11-6-7-12(22-4)8-13(11)23-5/h6-8,10H,9H2,1-5H3,(H,19,20,21). The summed E-state index contributed by atoms with van der Waals surface area (Å²) < 4.78 is 25.0. The molecule has 0 radical (unpaired) electrons. The van der Waals surface area contributed by atoms with Crippen LogP contribution in [-0.4, -0.2) is 24.2 Å². The van der Waals surface area contributed by atoms with Gasteiger partial charge in [0, 0.05) is 23.6 Å². The first-order chi connectivity index (χ1) is 10.9. The van der Waals surface area contributed by atoms with Crippen molar-refractivity contribution in [2.75, 3.05) is 19.5 Å². The molecule has 0 amide bonds. The number of hydrogen-bond donors (Lipinski definition) is 1. The number of nitrogens with one attached hydrogen (secondary N) is 1. The molecule has 0 aliphatic rings. The largest absolute Gasteiger partial charge is 0.497 e. The topological polar surface area (TPSA) is 56.3 Å². The maximum absolute atomic E-state index is 14.5. The van der Waals surface area contributed by atoms with Crippen molar-refractivity contribution in [1.29, 1.82) is 0 Å². The number of rotatable bonds is 5. The van der Waals surface area contributed by atoms with Crippen molar-refractivity contribution in [2.45, 2.75) is 32.7 Å². The second kappa shape index (κ2) is 6.81. The fourth-order valence-corrected chi connectivity index (χ4v) is 2.19. The highest BCUT2D eigenvalue weighted by Gasteiger charge is 2.23. The van der Waals surface area contributed by atoms with E-state index in [2.05, 4.69) is 15.3 Å². The Morgan fingerprint density at radius 2 is 1.87 bits per heavy atom. The Morgan fingerprint density at radius 3 is 2.48 bits per heavy atom. The van der Waals surface area contributed by atoms with Crippen LogP contribution in [0.5, 0.6) is 11.5 Å². The Hall–Kier alpha value is -2.37. The summed E-state index contributed by atoms with van der Waals surface area (Å²) in [5.41, 5.74) is 0.877. The molecule has 5 nitrogen and oxygen atoms in total. The number of halogens is 1. The molecule has 23 heavy (non-hydrogen) atoms. The molecule has 124 valence electrons. The Kier molecular flexibility index (Phi) is 5.03. The molecule has 0 fully saturated rings. The summed E-state index contributed by atoms with van der Waals surface area (Å²) in [4.78, 5) is 8.05. The lowest BCUT2D eigenvalue weighted by Crippen LogP contribution is -2.18. The fourth-order valence-electron chi connectivity index (χ4n) is 2.19. The van der Waals surface area contributed by atoms with Crippen LogP contribution in [-0.2, 0) is 12.0 Å². The minimum Gasteiger partial charge on any atom is -0.497 e. The van der Waals surface area contributed by atoms with Crippen LogP contribution in [0.4, 0.5) is 10.2 Å². The van der Waals surface area contributed by atoms with E-state index in [9.17, 15) is 4.39 Å². The van der Waals surface area contributed by atoms with Gasteiger partial charge in [0.15, 0.2) is 11.6 Å². The Morgan fingerprint density at radius 1 is 1.13 bits per heavy atom. The minimum absolute atomic E-state index is 0.183. The normalized spacial score (nSPS) is 11.2. The number of methoxy groups -OCH3 is 2. The second-order valence-corrected chi connectivity index (χ2v) is 6.17. The van der Waals surface area contributed by atoms with Gasteiger partial charge in [-0.05, 0) is 12.1 Å². The van der Waals surface area contributed by atoms with Crippen LogP contribution in [0.15, 0.2) is 24.5 Å². The summed E-state index contributed by atoms with van der Waals surface area (Å²) in [5, 5.41) is 3.01. The van der Waals surface area contributed by atoms with Gasteiger partial charge in [-0.25, -0.2) is 14.4 Å². The van der Waals surface area contributed by atoms with Crippen LogP contribution in [0.25, 0.3) is 0 Å². The summed E-state index contributed by atoms with van der Waals surface area (Å²) in [7, 11) is 3.18. The van der Waals surface area contributed by atoms with Crippen LogP contribution in [0.3, 0.4) is 0 Å². The van der Waals surface area contributed by atoms with E-state index < -0.39 is 5.82 Å². The van der Waals surface area contributed by atoms with E-state index in [-0.39, 0.29) is 11.2 Å². The minimum atomic E-state index is -0.424. The Bertz CT molecular complexity index is 684. The molecule has 1 N–H and O–H groups in total. The number of benzene rings is 1. The third-order valence-corrected chi connectivity index (χ3v) is 3.44. The third kappa shape index (κ3) is 3.88. The lowest BCUT2D eigenvalue weighted by Gasteiger charge is -2.19. The van der Waals surface area contributed by atoms with Crippen molar-refractivity contribution in [3.8, 4) is 11.5 Å². The molecule has 6 heteroatoms. The first kappa shape index (κ1) is 17.0. The van der Waals surface area contributed by atoms with Gasteiger partial charge in [-0.3, -0.25) is 0 Å². The Balaban J connectivity index is 2.22. The highest BCUT2D eigenvalue weighted by Crippen LogP contribution is 2.28. The molecule has 0 spiro atoms. The van der Waals surface area contributed by atoms with Gasteiger partial charge in [-0.2, -0.15) is 0 Å². The molecule has 1 aromatic heterocycles. The smallest absolute Gasteiger partial charge is 0.187 e. The van der Waals surface area contributed by atoms with Gasteiger partial charge in [0.05, 0.1) is 19.9 Å². The van der Waals surface area contributed by atoms with Gasteiger partial charge in [-0.15, -0.1) is 0 Å². The number of ether oxygens (including phenoxy) is 2. The summed E-state index contributed by atoms with van der Waals surface area (Å²) >= 11 is 0. The van der Waals surface area contributed by atoms with Gasteiger partial charge >= 0.3 is 0 Å². The molecule has 0 bridgehead atoms. The predicted octanol–water partition coefficient (Wildman–Crippen LogP) is 3.54. The molecular weight excluding hydrogens is 297 g/mol. The van der Waals surface area contributed by atoms with Crippen LogP contribution >= 0.6 is 0 Å². The lowest BCUT2D eigenvalue weighted by atomic mass is 9.91. The maximum atomic E-state index is 14.5. The molecule has 0 atom stereocenters. The molecule has 0 aliphatic carbocycles. The zero-order chi connectivity index (χ0) is 17.0. The van der Waals surface area contributed by atoms with E-state index in [0.717, 1.165) is 5.56 Å². The summed E-state index contributed by atoms with van der Waals surface area (Å²) in [6.45, 7) is 6.11. The number of aromatic nitrogens is 2. The monoisotopic (exact) mass is 319 g/mol. The van der Waals surface area contributed by atoms with Crippen molar-refractivity contribution in [3.63, 3.8) is 0 Å². The maximum Gasteiger partial charge on any atom is 0.187 e. The van der Waals surface area contributed by atoms with Crippen LogP contribution in [0.1, 0.15) is 32.0 Å². The van der Waals surface area contributed by atoms with Crippen LogP contribution in [0.2, 0.25) is 0 Å². The SMILES string of the molecule is COc1ccc(CNc2ncnc(C(C)(C)C)c2F)c(OC)c1. The molecular formula is C17H22FN3O2. The Labute approximate surface area is 135 Å². The van der Waals surface area contributed by atoms with E-state index >= 15 is 0 Å². The lowest BCUT2D eigenvalue weighted by molar-refractivity contribution is 0.391. The summed E-state index contributed by atoms with van der Waals surface area (Å²) in [6.07, 6.45) is 1.37.